The van der Waals surface area contributed by atoms with Crippen LogP contribution < -0.4 is 26.5 Å². The lowest BCUT2D eigenvalue weighted by Gasteiger charge is -2.15. The average molecular weight is 481 g/mol. The zero-order valence-electron chi connectivity index (χ0n) is 19.3. The van der Waals surface area contributed by atoms with Crippen LogP contribution in [0.25, 0.3) is 17.1 Å². The first-order valence-corrected chi connectivity index (χ1v) is 10.8. The van der Waals surface area contributed by atoms with Gasteiger partial charge in [0.1, 0.15) is 11.5 Å². The zero-order chi connectivity index (χ0) is 25.8. The number of hydrogen-bond donors (Lipinski definition) is 0. The summed E-state index contributed by atoms with van der Waals surface area (Å²) in [7, 11) is 0. The van der Waals surface area contributed by atoms with Gasteiger partial charge in [-0.1, -0.05) is 26.0 Å². The second-order valence-corrected chi connectivity index (χ2v) is 7.97. The minimum Gasteiger partial charge on any atom is -0.388 e. The first-order chi connectivity index (χ1) is 17.3. The van der Waals surface area contributed by atoms with E-state index in [1.165, 1.54) is 48.5 Å². The van der Waals surface area contributed by atoms with Crippen molar-refractivity contribution in [2.45, 2.75) is 19.8 Å². The minimum absolute atomic E-state index is 0.168. The molecule has 0 amide bonds. The van der Waals surface area contributed by atoms with Crippen LogP contribution in [0.15, 0.2) is 87.2 Å². The molecule has 4 rings (SSSR count). The Balaban J connectivity index is 2.01. The smallest absolute Gasteiger partial charge is 0.345 e. The lowest BCUT2D eigenvalue weighted by molar-refractivity contribution is 0.507. The molecule has 0 saturated heterocycles. The van der Waals surface area contributed by atoms with Gasteiger partial charge in [-0.25, -0.2) is 28.1 Å². The summed E-state index contributed by atoms with van der Waals surface area (Å²) in [5.41, 5.74) is -0.994. The molecule has 0 saturated carbocycles. The molecule has 1 aromatic heterocycles. The molecule has 0 unspecified atom stereocenters. The summed E-state index contributed by atoms with van der Waals surface area (Å²) in [6, 6.07) is 18.3. The number of aromatic nitrogens is 3. The molecule has 10 nitrogen and oxygen atoms in total. The summed E-state index contributed by atoms with van der Waals surface area (Å²) in [6.45, 7) is 4.04. The number of rotatable bonds is 6. The summed E-state index contributed by atoms with van der Waals surface area (Å²) in [5.74, 6) is 0.685. The highest BCUT2D eigenvalue weighted by Gasteiger charge is 2.19. The van der Waals surface area contributed by atoms with Crippen LogP contribution in [0.4, 0.5) is 0 Å². The Morgan fingerprint density at radius 3 is 1.17 bits per heavy atom. The standard InChI is InChI=1S/C26H19N5O5/c1-17(2)18-3-5-19(6-4-18)29-24(32)30(20-7-11-22(12-8-20)35-15-27)26(34)31(25(29)33)21-9-13-23(14-10-21)36-16-28/h3-14,17H,1-2H3. The van der Waals surface area contributed by atoms with E-state index in [9.17, 15) is 14.4 Å². The number of benzene rings is 3. The van der Waals surface area contributed by atoms with Gasteiger partial charge in [-0.05, 0) is 72.1 Å². The Kier molecular flexibility index (Phi) is 6.53. The van der Waals surface area contributed by atoms with E-state index in [1.807, 2.05) is 26.0 Å². The lowest BCUT2D eigenvalue weighted by atomic mass is 10.0. The molecule has 0 radical (unpaired) electrons. The Hall–Kier alpha value is -5.35. The number of nitrogens with zero attached hydrogens (tertiary/aromatic N) is 5. The molecule has 0 spiro atoms. The van der Waals surface area contributed by atoms with Crippen LogP contribution >= 0.6 is 0 Å². The number of hydrogen-bond acceptors (Lipinski definition) is 7. The molecule has 0 N–H and O–H groups in total. The van der Waals surface area contributed by atoms with Gasteiger partial charge in [0, 0.05) is 0 Å². The number of nitriles is 2. The molecule has 0 fully saturated rings. The molecule has 4 aromatic rings. The van der Waals surface area contributed by atoms with E-state index < -0.39 is 17.1 Å². The van der Waals surface area contributed by atoms with Gasteiger partial charge >= 0.3 is 17.1 Å². The molecule has 0 bridgehead atoms. The van der Waals surface area contributed by atoms with Crippen LogP contribution in [0.1, 0.15) is 25.3 Å². The Bertz CT molecular complexity index is 1570. The topological polar surface area (TPSA) is 132 Å². The van der Waals surface area contributed by atoms with Crippen LogP contribution in [0, 0.1) is 23.0 Å². The van der Waals surface area contributed by atoms with Crippen molar-refractivity contribution in [1.29, 1.82) is 10.5 Å². The van der Waals surface area contributed by atoms with E-state index in [0.29, 0.717) is 0 Å². The predicted molar refractivity (Wildman–Crippen MR) is 130 cm³/mol. The first-order valence-electron chi connectivity index (χ1n) is 10.8. The fraction of sp³-hybridized carbons (Fsp3) is 0.115. The van der Waals surface area contributed by atoms with Crippen LogP contribution in [0.2, 0.25) is 0 Å². The van der Waals surface area contributed by atoms with E-state index in [1.54, 1.807) is 24.6 Å². The molecule has 3 aromatic carbocycles. The summed E-state index contributed by atoms with van der Waals surface area (Å²) in [4.78, 5) is 40.6. The van der Waals surface area contributed by atoms with E-state index in [4.69, 9.17) is 20.0 Å². The first kappa shape index (κ1) is 23.8. The second-order valence-electron chi connectivity index (χ2n) is 7.97. The van der Waals surface area contributed by atoms with Crippen molar-refractivity contribution in [3.05, 3.63) is 110 Å². The van der Waals surface area contributed by atoms with Gasteiger partial charge in [0.15, 0.2) is 0 Å². The molecule has 0 aliphatic rings. The SMILES string of the molecule is CC(C)c1ccc(-n2c(=O)n(-c3ccc(OC#N)cc3)c(=O)n(-c3ccc(OC#N)cc3)c2=O)cc1. The maximum Gasteiger partial charge on any atom is 0.345 e. The average Bonchev–Trinajstić information content (AvgIpc) is 2.87. The predicted octanol–water partition coefficient (Wildman–Crippen LogP) is 2.98. The van der Waals surface area contributed by atoms with Gasteiger partial charge in [-0.3, -0.25) is 0 Å². The quantitative estimate of drug-likeness (QED) is 0.387. The highest BCUT2D eigenvalue weighted by Crippen LogP contribution is 2.17. The van der Waals surface area contributed by atoms with Gasteiger partial charge in [0.05, 0.1) is 17.1 Å². The highest BCUT2D eigenvalue weighted by molar-refractivity contribution is 5.42. The van der Waals surface area contributed by atoms with Crippen molar-refractivity contribution in [2.24, 2.45) is 0 Å². The molecule has 36 heavy (non-hydrogen) atoms. The Morgan fingerprint density at radius 1 is 0.583 bits per heavy atom. The molecule has 0 aliphatic heterocycles. The number of ether oxygens (including phenoxy) is 2. The minimum atomic E-state index is -0.900. The largest absolute Gasteiger partial charge is 0.388 e. The lowest BCUT2D eigenvalue weighted by Crippen LogP contribution is -2.52. The summed E-state index contributed by atoms with van der Waals surface area (Å²) in [6.07, 6.45) is 3.10. The third-order valence-electron chi connectivity index (χ3n) is 5.48. The van der Waals surface area contributed by atoms with E-state index >= 15 is 0 Å². The highest BCUT2D eigenvalue weighted by atomic mass is 16.5. The normalized spacial score (nSPS) is 10.5. The summed E-state index contributed by atoms with van der Waals surface area (Å²) < 4.78 is 12.2. The molecule has 10 heteroatoms. The van der Waals surface area contributed by atoms with Crippen molar-refractivity contribution in [2.75, 3.05) is 0 Å². The van der Waals surface area contributed by atoms with Crippen molar-refractivity contribution < 1.29 is 9.47 Å². The van der Waals surface area contributed by atoms with E-state index in [2.05, 4.69) is 0 Å². The third-order valence-corrected chi connectivity index (χ3v) is 5.48. The van der Waals surface area contributed by atoms with Gasteiger partial charge in [-0.2, -0.15) is 0 Å². The van der Waals surface area contributed by atoms with Gasteiger partial charge < -0.3 is 9.47 Å². The van der Waals surface area contributed by atoms with Gasteiger partial charge in [0.2, 0.25) is 0 Å². The monoisotopic (exact) mass is 481 g/mol. The molecule has 178 valence electrons. The Morgan fingerprint density at radius 2 is 0.889 bits per heavy atom. The van der Waals surface area contributed by atoms with Crippen LogP contribution in [-0.2, 0) is 0 Å². The van der Waals surface area contributed by atoms with Gasteiger partial charge in [-0.15, -0.1) is 10.5 Å². The van der Waals surface area contributed by atoms with Crippen LogP contribution in [0.5, 0.6) is 11.5 Å². The molecular weight excluding hydrogens is 462 g/mol. The molecule has 1 heterocycles. The molecular formula is C26H19N5O5. The zero-order valence-corrected chi connectivity index (χ0v) is 19.3. The van der Waals surface area contributed by atoms with Crippen molar-refractivity contribution >= 4 is 0 Å². The van der Waals surface area contributed by atoms with Crippen LogP contribution in [-0.4, -0.2) is 13.7 Å². The van der Waals surface area contributed by atoms with Crippen molar-refractivity contribution in [1.82, 2.24) is 13.7 Å². The van der Waals surface area contributed by atoms with Crippen molar-refractivity contribution in [3.8, 4) is 41.1 Å². The summed E-state index contributed by atoms with van der Waals surface area (Å²) >= 11 is 0. The van der Waals surface area contributed by atoms with E-state index in [-0.39, 0.29) is 34.5 Å². The maximum absolute atomic E-state index is 13.5. The molecule has 0 aliphatic carbocycles. The Labute approximate surface area is 204 Å². The third kappa shape index (κ3) is 4.39. The van der Waals surface area contributed by atoms with Crippen LogP contribution in [0.3, 0.4) is 0 Å². The van der Waals surface area contributed by atoms with Gasteiger partial charge in [0.25, 0.3) is 12.5 Å². The molecule has 0 atom stereocenters. The fourth-order valence-corrected chi connectivity index (χ4v) is 3.65. The summed E-state index contributed by atoms with van der Waals surface area (Å²) in [5, 5.41) is 17.4. The fourth-order valence-electron chi connectivity index (χ4n) is 3.65. The van der Waals surface area contributed by atoms with Crippen molar-refractivity contribution in [3.63, 3.8) is 0 Å². The van der Waals surface area contributed by atoms with E-state index in [0.717, 1.165) is 19.3 Å². The maximum atomic E-state index is 13.5. The second kappa shape index (κ2) is 9.87.